The molecule has 1 amide bonds. The molecule has 3 rings (SSSR count). The number of rotatable bonds is 8. The molecule has 2 heterocycles. The Balaban J connectivity index is 1.68. The van der Waals surface area contributed by atoms with E-state index in [1.165, 1.54) is 23.3 Å². The van der Waals surface area contributed by atoms with Gasteiger partial charge < -0.3 is 10.2 Å². The molecule has 1 aliphatic heterocycles. The molecule has 1 atom stereocenters. The molecule has 1 unspecified atom stereocenters. The lowest BCUT2D eigenvalue weighted by molar-refractivity contribution is -0.125. The van der Waals surface area contributed by atoms with E-state index >= 15 is 0 Å². The van der Waals surface area contributed by atoms with Crippen molar-refractivity contribution in [3.63, 3.8) is 0 Å². The van der Waals surface area contributed by atoms with Crippen molar-refractivity contribution in [2.24, 2.45) is 11.8 Å². The van der Waals surface area contributed by atoms with Crippen LogP contribution in [-0.2, 0) is 14.8 Å². The predicted octanol–water partition coefficient (Wildman–Crippen LogP) is 2.63. The fourth-order valence-electron chi connectivity index (χ4n) is 4.10. The molecule has 29 heavy (non-hydrogen) atoms. The first-order valence-corrected chi connectivity index (χ1v) is 12.2. The highest BCUT2D eigenvalue weighted by atomic mass is 32.2. The van der Waals surface area contributed by atoms with E-state index in [0.29, 0.717) is 12.5 Å². The number of pyridine rings is 1. The SMILES string of the molecule is CC(C)N(C(C)C)S(=O)(=O)c1ccc(N2CCCC(C(=O)NCC3CC3)C2)nc1. The highest BCUT2D eigenvalue weighted by Gasteiger charge is 2.31. The largest absolute Gasteiger partial charge is 0.356 e. The third-order valence-corrected chi connectivity index (χ3v) is 7.93. The van der Waals surface area contributed by atoms with Crippen LogP contribution in [0.15, 0.2) is 23.2 Å². The number of hydrogen-bond acceptors (Lipinski definition) is 5. The maximum atomic E-state index is 13.0. The minimum absolute atomic E-state index is 0.0370. The van der Waals surface area contributed by atoms with Crippen molar-refractivity contribution in [2.45, 2.75) is 70.4 Å². The summed E-state index contributed by atoms with van der Waals surface area (Å²) in [7, 11) is -3.59. The van der Waals surface area contributed by atoms with Crippen LogP contribution in [0.2, 0.25) is 0 Å². The molecular weight excluding hydrogens is 388 g/mol. The van der Waals surface area contributed by atoms with E-state index in [2.05, 4.69) is 15.2 Å². The number of hydrogen-bond donors (Lipinski definition) is 1. The molecule has 1 aliphatic carbocycles. The Kier molecular flexibility index (Phi) is 6.83. The zero-order chi connectivity index (χ0) is 21.2. The Labute approximate surface area is 174 Å². The van der Waals surface area contributed by atoms with Crippen molar-refractivity contribution >= 4 is 21.7 Å². The molecule has 2 aliphatic rings. The van der Waals surface area contributed by atoms with Crippen molar-refractivity contribution in [3.8, 4) is 0 Å². The fraction of sp³-hybridized carbons (Fsp3) is 0.714. The van der Waals surface area contributed by atoms with Gasteiger partial charge in [-0.05, 0) is 71.4 Å². The fourth-order valence-corrected chi connectivity index (χ4v) is 5.88. The van der Waals surface area contributed by atoms with Crippen LogP contribution in [0.4, 0.5) is 5.82 Å². The van der Waals surface area contributed by atoms with Crippen LogP contribution in [0.3, 0.4) is 0 Å². The molecular formula is C21H34N4O3S. The van der Waals surface area contributed by atoms with E-state index in [-0.39, 0.29) is 28.8 Å². The van der Waals surface area contributed by atoms with Gasteiger partial charge in [0.15, 0.2) is 0 Å². The highest BCUT2D eigenvalue weighted by molar-refractivity contribution is 7.89. The van der Waals surface area contributed by atoms with Gasteiger partial charge in [-0.25, -0.2) is 13.4 Å². The number of anilines is 1. The van der Waals surface area contributed by atoms with Gasteiger partial charge in [0.05, 0.1) is 5.92 Å². The Hall–Kier alpha value is -1.67. The number of sulfonamides is 1. The zero-order valence-electron chi connectivity index (χ0n) is 18.0. The maximum Gasteiger partial charge on any atom is 0.245 e. The van der Waals surface area contributed by atoms with Crippen molar-refractivity contribution in [2.75, 3.05) is 24.5 Å². The number of piperidine rings is 1. The topological polar surface area (TPSA) is 82.6 Å². The van der Waals surface area contributed by atoms with Crippen LogP contribution >= 0.6 is 0 Å². The summed E-state index contributed by atoms with van der Waals surface area (Å²) in [5.74, 6) is 1.49. The van der Waals surface area contributed by atoms with E-state index in [4.69, 9.17) is 0 Å². The molecule has 1 saturated heterocycles. The van der Waals surface area contributed by atoms with Crippen LogP contribution in [-0.4, -0.2) is 55.3 Å². The summed E-state index contributed by atoms with van der Waals surface area (Å²) in [5, 5.41) is 3.08. The first-order chi connectivity index (χ1) is 13.7. The molecule has 1 aromatic heterocycles. The minimum Gasteiger partial charge on any atom is -0.356 e. The molecule has 7 nitrogen and oxygen atoms in total. The molecule has 1 N–H and O–H groups in total. The maximum absolute atomic E-state index is 13.0. The molecule has 2 fully saturated rings. The molecule has 1 saturated carbocycles. The zero-order valence-corrected chi connectivity index (χ0v) is 18.8. The van der Waals surface area contributed by atoms with Crippen LogP contribution in [0.25, 0.3) is 0 Å². The molecule has 1 aromatic rings. The second kappa shape index (κ2) is 9.00. The van der Waals surface area contributed by atoms with E-state index in [1.54, 1.807) is 12.1 Å². The van der Waals surface area contributed by atoms with Crippen LogP contribution < -0.4 is 10.2 Å². The smallest absolute Gasteiger partial charge is 0.245 e. The lowest BCUT2D eigenvalue weighted by Gasteiger charge is -2.33. The van der Waals surface area contributed by atoms with Crippen molar-refractivity contribution in [3.05, 3.63) is 18.3 Å². The Bertz CT molecular complexity index is 796. The summed E-state index contributed by atoms with van der Waals surface area (Å²) in [5.41, 5.74) is 0. The summed E-state index contributed by atoms with van der Waals surface area (Å²) in [6.07, 6.45) is 5.71. The average molecular weight is 423 g/mol. The lowest BCUT2D eigenvalue weighted by Crippen LogP contribution is -2.44. The average Bonchev–Trinajstić information content (AvgIpc) is 3.50. The Morgan fingerprint density at radius 1 is 1.21 bits per heavy atom. The van der Waals surface area contributed by atoms with Crippen molar-refractivity contribution < 1.29 is 13.2 Å². The molecule has 0 spiro atoms. The third-order valence-electron chi connectivity index (χ3n) is 5.69. The van der Waals surface area contributed by atoms with Gasteiger partial charge in [0.25, 0.3) is 0 Å². The van der Waals surface area contributed by atoms with Gasteiger partial charge in [-0.1, -0.05) is 0 Å². The normalized spacial score (nSPS) is 20.5. The van der Waals surface area contributed by atoms with Crippen LogP contribution in [0.1, 0.15) is 53.4 Å². The predicted molar refractivity (Wildman–Crippen MR) is 114 cm³/mol. The molecule has 162 valence electrons. The number of nitrogens with one attached hydrogen (secondary N) is 1. The van der Waals surface area contributed by atoms with Gasteiger partial charge in [-0.3, -0.25) is 4.79 Å². The summed E-state index contributed by atoms with van der Waals surface area (Å²) in [6, 6.07) is 3.14. The minimum atomic E-state index is -3.59. The summed E-state index contributed by atoms with van der Waals surface area (Å²) in [4.78, 5) is 19.2. The number of carbonyl (C=O) groups excluding carboxylic acids is 1. The van der Waals surface area contributed by atoms with Crippen LogP contribution in [0.5, 0.6) is 0 Å². The van der Waals surface area contributed by atoms with Gasteiger partial charge >= 0.3 is 0 Å². The van der Waals surface area contributed by atoms with Crippen molar-refractivity contribution in [1.82, 2.24) is 14.6 Å². The first kappa shape index (κ1) is 22.0. The lowest BCUT2D eigenvalue weighted by atomic mass is 9.97. The van der Waals surface area contributed by atoms with E-state index in [0.717, 1.165) is 31.7 Å². The Morgan fingerprint density at radius 3 is 2.45 bits per heavy atom. The van der Waals surface area contributed by atoms with Gasteiger partial charge in [0.1, 0.15) is 10.7 Å². The van der Waals surface area contributed by atoms with E-state index in [1.807, 2.05) is 27.7 Å². The molecule has 8 heteroatoms. The number of amides is 1. The molecule has 0 aromatic carbocycles. The number of aromatic nitrogens is 1. The standard InChI is InChI=1S/C21H34N4O3S/c1-15(2)25(16(3)4)29(27,28)19-9-10-20(22-13-19)24-11-5-6-18(14-24)21(26)23-12-17-7-8-17/h9-10,13,15-18H,5-8,11-12,14H2,1-4H3,(H,23,26). The van der Waals surface area contributed by atoms with Crippen LogP contribution in [0, 0.1) is 11.8 Å². The van der Waals surface area contributed by atoms with Gasteiger partial charge in [-0.15, -0.1) is 0 Å². The second-order valence-corrected chi connectivity index (χ2v) is 10.7. The highest BCUT2D eigenvalue weighted by Crippen LogP contribution is 2.28. The first-order valence-electron chi connectivity index (χ1n) is 10.7. The van der Waals surface area contributed by atoms with E-state index in [9.17, 15) is 13.2 Å². The van der Waals surface area contributed by atoms with Gasteiger partial charge in [0.2, 0.25) is 15.9 Å². The summed E-state index contributed by atoms with van der Waals surface area (Å²) >= 11 is 0. The van der Waals surface area contributed by atoms with Gasteiger partial charge in [-0.2, -0.15) is 4.31 Å². The monoisotopic (exact) mass is 422 g/mol. The molecule has 0 radical (unpaired) electrons. The number of carbonyl (C=O) groups is 1. The van der Waals surface area contributed by atoms with Crippen molar-refractivity contribution in [1.29, 1.82) is 0 Å². The third kappa shape index (κ3) is 5.28. The Morgan fingerprint density at radius 2 is 1.90 bits per heavy atom. The second-order valence-electron chi connectivity index (χ2n) is 8.85. The summed E-state index contributed by atoms with van der Waals surface area (Å²) < 4.78 is 27.5. The van der Waals surface area contributed by atoms with E-state index < -0.39 is 10.0 Å². The summed E-state index contributed by atoms with van der Waals surface area (Å²) in [6.45, 7) is 9.75. The number of nitrogens with zero attached hydrogens (tertiary/aromatic N) is 3. The quantitative estimate of drug-likeness (QED) is 0.696. The molecule has 0 bridgehead atoms. The van der Waals surface area contributed by atoms with Gasteiger partial charge in [0, 0.05) is 37.9 Å².